The summed E-state index contributed by atoms with van der Waals surface area (Å²) in [4.78, 5) is 15.0. The molecule has 0 radical (unpaired) electrons. The molecule has 1 saturated heterocycles. The van der Waals surface area contributed by atoms with E-state index in [0.717, 1.165) is 38.8 Å². The summed E-state index contributed by atoms with van der Waals surface area (Å²) in [7, 11) is 1.72. The minimum absolute atomic E-state index is 0. The average molecular weight is 305 g/mol. The molecule has 1 amide bonds. The van der Waals surface area contributed by atoms with Crippen LogP contribution in [-0.2, 0) is 9.53 Å². The van der Waals surface area contributed by atoms with E-state index in [4.69, 9.17) is 10.5 Å². The van der Waals surface area contributed by atoms with Crippen molar-refractivity contribution in [3.05, 3.63) is 0 Å². The first-order valence-corrected chi connectivity index (χ1v) is 7.54. The minimum atomic E-state index is -0.143. The van der Waals surface area contributed by atoms with Crippen molar-refractivity contribution in [3.63, 3.8) is 0 Å². The number of rotatable bonds is 5. The summed E-state index contributed by atoms with van der Waals surface area (Å²) in [5, 5.41) is 0. The molecule has 2 aliphatic rings. The maximum Gasteiger partial charge on any atom is 0.228 e. The SMILES string of the molecule is COCCC1(C(=O)N2CCC(C)(CN)C2)CCCC1.Cl. The van der Waals surface area contributed by atoms with Gasteiger partial charge in [-0.1, -0.05) is 19.8 Å². The average Bonchev–Trinajstić information content (AvgIpc) is 3.04. The van der Waals surface area contributed by atoms with Gasteiger partial charge in [-0.05, 0) is 37.6 Å². The molecule has 1 aliphatic heterocycles. The fourth-order valence-electron chi connectivity index (χ4n) is 3.62. The third kappa shape index (κ3) is 3.46. The van der Waals surface area contributed by atoms with Crippen molar-refractivity contribution < 1.29 is 9.53 Å². The van der Waals surface area contributed by atoms with Crippen molar-refractivity contribution in [2.24, 2.45) is 16.6 Å². The third-order valence-corrected chi connectivity index (χ3v) is 5.14. The van der Waals surface area contributed by atoms with E-state index in [9.17, 15) is 4.79 Å². The highest BCUT2D eigenvalue weighted by Crippen LogP contribution is 2.44. The normalized spacial score (nSPS) is 28.4. The number of ether oxygens (including phenoxy) is 1. The second-order valence-corrected chi connectivity index (χ2v) is 6.72. The summed E-state index contributed by atoms with van der Waals surface area (Å²) >= 11 is 0. The van der Waals surface area contributed by atoms with Crippen LogP contribution in [0.3, 0.4) is 0 Å². The zero-order valence-corrected chi connectivity index (χ0v) is 13.6. The van der Waals surface area contributed by atoms with E-state index in [-0.39, 0.29) is 23.2 Å². The van der Waals surface area contributed by atoms with E-state index in [1.807, 2.05) is 0 Å². The standard InChI is InChI=1S/C15H28N2O2.ClH/c1-14(11-16)7-9-17(12-14)13(18)15(8-10-19-2)5-3-4-6-15;/h3-12,16H2,1-2H3;1H. The molecule has 1 saturated carbocycles. The highest BCUT2D eigenvalue weighted by atomic mass is 35.5. The predicted octanol–water partition coefficient (Wildman–Crippen LogP) is 2.20. The molecule has 0 spiro atoms. The summed E-state index contributed by atoms with van der Waals surface area (Å²) in [5.74, 6) is 0.360. The molecule has 118 valence electrons. The first-order chi connectivity index (χ1) is 9.05. The van der Waals surface area contributed by atoms with Crippen LogP contribution in [0.25, 0.3) is 0 Å². The smallest absolute Gasteiger partial charge is 0.228 e. The molecule has 5 heteroatoms. The maximum atomic E-state index is 12.9. The fraction of sp³-hybridized carbons (Fsp3) is 0.933. The van der Waals surface area contributed by atoms with Gasteiger partial charge in [-0.15, -0.1) is 12.4 Å². The van der Waals surface area contributed by atoms with Crippen LogP contribution in [0, 0.1) is 10.8 Å². The Morgan fingerprint density at radius 2 is 1.95 bits per heavy atom. The topological polar surface area (TPSA) is 55.6 Å². The van der Waals surface area contributed by atoms with Crippen molar-refractivity contribution in [2.75, 3.05) is 33.4 Å². The molecule has 0 aromatic rings. The van der Waals surface area contributed by atoms with Crippen molar-refractivity contribution in [3.8, 4) is 0 Å². The van der Waals surface area contributed by atoms with Gasteiger partial charge in [0.1, 0.15) is 0 Å². The number of halogens is 1. The Balaban J connectivity index is 0.00000200. The van der Waals surface area contributed by atoms with E-state index in [1.165, 1.54) is 12.8 Å². The lowest BCUT2D eigenvalue weighted by molar-refractivity contribution is -0.142. The highest BCUT2D eigenvalue weighted by Gasteiger charge is 2.46. The van der Waals surface area contributed by atoms with Crippen molar-refractivity contribution in [1.82, 2.24) is 4.90 Å². The van der Waals surface area contributed by atoms with E-state index >= 15 is 0 Å². The number of carbonyl (C=O) groups is 1. The van der Waals surface area contributed by atoms with Crippen LogP contribution in [0.2, 0.25) is 0 Å². The van der Waals surface area contributed by atoms with Gasteiger partial charge in [-0.3, -0.25) is 4.79 Å². The van der Waals surface area contributed by atoms with E-state index in [2.05, 4.69) is 11.8 Å². The van der Waals surface area contributed by atoms with Crippen LogP contribution in [0.5, 0.6) is 0 Å². The minimum Gasteiger partial charge on any atom is -0.385 e. The molecular weight excluding hydrogens is 276 g/mol. The lowest BCUT2D eigenvalue weighted by atomic mass is 9.81. The van der Waals surface area contributed by atoms with Gasteiger partial charge >= 0.3 is 0 Å². The van der Waals surface area contributed by atoms with Gasteiger partial charge in [0.15, 0.2) is 0 Å². The molecule has 20 heavy (non-hydrogen) atoms. The number of hydrogen-bond donors (Lipinski definition) is 1. The third-order valence-electron chi connectivity index (χ3n) is 5.14. The molecule has 2 N–H and O–H groups in total. The van der Waals surface area contributed by atoms with Gasteiger partial charge in [0.2, 0.25) is 5.91 Å². The monoisotopic (exact) mass is 304 g/mol. The number of methoxy groups -OCH3 is 1. The molecule has 1 unspecified atom stereocenters. The second-order valence-electron chi connectivity index (χ2n) is 6.72. The van der Waals surface area contributed by atoms with Gasteiger partial charge in [0.05, 0.1) is 5.41 Å². The predicted molar refractivity (Wildman–Crippen MR) is 83.0 cm³/mol. The molecule has 0 bridgehead atoms. The van der Waals surface area contributed by atoms with E-state index in [0.29, 0.717) is 19.1 Å². The molecule has 1 atom stereocenters. The lowest BCUT2D eigenvalue weighted by Crippen LogP contribution is -2.43. The van der Waals surface area contributed by atoms with Gasteiger partial charge in [0.25, 0.3) is 0 Å². The first-order valence-electron chi connectivity index (χ1n) is 7.54. The quantitative estimate of drug-likeness (QED) is 0.847. The maximum absolute atomic E-state index is 12.9. The van der Waals surface area contributed by atoms with Crippen molar-refractivity contribution >= 4 is 18.3 Å². The molecule has 2 fully saturated rings. The molecule has 4 nitrogen and oxygen atoms in total. The van der Waals surface area contributed by atoms with Crippen LogP contribution < -0.4 is 5.73 Å². The lowest BCUT2D eigenvalue weighted by Gasteiger charge is -2.33. The van der Waals surface area contributed by atoms with Crippen LogP contribution in [-0.4, -0.2) is 44.2 Å². The zero-order valence-electron chi connectivity index (χ0n) is 12.8. The Bertz CT molecular complexity index is 332. The Kier molecular flexibility index (Phi) is 6.29. The van der Waals surface area contributed by atoms with Gasteiger partial charge in [-0.25, -0.2) is 0 Å². The number of nitrogens with zero attached hydrogens (tertiary/aromatic N) is 1. The Morgan fingerprint density at radius 3 is 2.45 bits per heavy atom. The van der Waals surface area contributed by atoms with Crippen LogP contribution in [0.1, 0.15) is 45.4 Å². The van der Waals surface area contributed by atoms with Crippen LogP contribution in [0.15, 0.2) is 0 Å². The summed E-state index contributed by atoms with van der Waals surface area (Å²) in [6.07, 6.45) is 6.33. The molecule has 0 aromatic heterocycles. The van der Waals surface area contributed by atoms with Gasteiger partial charge < -0.3 is 15.4 Å². The Labute approximate surface area is 128 Å². The number of likely N-dealkylation sites (tertiary alicyclic amines) is 1. The number of carbonyl (C=O) groups excluding carboxylic acids is 1. The molecule has 2 rings (SSSR count). The van der Waals surface area contributed by atoms with Crippen LogP contribution >= 0.6 is 12.4 Å². The Hall–Kier alpha value is -0.320. The number of hydrogen-bond acceptors (Lipinski definition) is 3. The molecular formula is C15H29ClN2O2. The van der Waals surface area contributed by atoms with E-state index in [1.54, 1.807) is 7.11 Å². The summed E-state index contributed by atoms with van der Waals surface area (Å²) in [6, 6.07) is 0. The second kappa shape index (κ2) is 7.10. The molecule has 1 heterocycles. The van der Waals surface area contributed by atoms with Gasteiger partial charge in [-0.2, -0.15) is 0 Å². The largest absolute Gasteiger partial charge is 0.385 e. The number of nitrogens with two attached hydrogens (primary N) is 1. The van der Waals surface area contributed by atoms with Gasteiger partial charge in [0, 0.05) is 26.8 Å². The molecule has 1 aliphatic carbocycles. The Morgan fingerprint density at radius 1 is 1.30 bits per heavy atom. The van der Waals surface area contributed by atoms with E-state index < -0.39 is 0 Å². The summed E-state index contributed by atoms with van der Waals surface area (Å²) < 4.78 is 5.21. The fourth-order valence-corrected chi connectivity index (χ4v) is 3.62. The summed E-state index contributed by atoms with van der Waals surface area (Å²) in [6.45, 7) is 5.25. The summed E-state index contributed by atoms with van der Waals surface area (Å²) in [5.41, 5.74) is 5.82. The number of amides is 1. The van der Waals surface area contributed by atoms with Crippen molar-refractivity contribution in [1.29, 1.82) is 0 Å². The van der Waals surface area contributed by atoms with Crippen LogP contribution in [0.4, 0.5) is 0 Å². The zero-order chi connectivity index (χ0) is 13.9. The molecule has 0 aromatic carbocycles. The first kappa shape index (κ1) is 17.7. The highest BCUT2D eigenvalue weighted by molar-refractivity contribution is 5.85. The van der Waals surface area contributed by atoms with Crippen molar-refractivity contribution in [2.45, 2.75) is 45.4 Å².